The zero-order valence-corrected chi connectivity index (χ0v) is 19.0. The van der Waals surface area contributed by atoms with Gasteiger partial charge in [-0.1, -0.05) is 26.8 Å². The number of carbonyl (C=O) groups excluding carboxylic acids is 1. The smallest absolute Gasteiger partial charge is 0.407 e. The number of hydrogen-bond acceptors (Lipinski definition) is 4. The van der Waals surface area contributed by atoms with Crippen molar-refractivity contribution in [3.8, 4) is 11.1 Å². The van der Waals surface area contributed by atoms with Gasteiger partial charge in [-0.15, -0.1) is 0 Å². The van der Waals surface area contributed by atoms with Gasteiger partial charge >= 0.3 is 6.09 Å². The highest BCUT2D eigenvalue weighted by molar-refractivity contribution is 5.94. The second kappa shape index (κ2) is 8.70. The fourth-order valence-electron chi connectivity index (χ4n) is 4.24. The van der Waals surface area contributed by atoms with Crippen molar-refractivity contribution in [1.82, 2.24) is 14.7 Å². The van der Waals surface area contributed by atoms with Gasteiger partial charge in [0, 0.05) is 49.5 Å². The van der Waals surface area contributed by atoms with Crippen LogP contribution >= 0.6 is 0 Å². The number of carboxylic acid groups (broad SMARTS) is 1. The minimum absolute atomic E-state index is 0.0134. The maximum absolute atomic E-state index is 12.1. The van der Waals surface area contributed by atoms with Crippen LogP contribution in [0.1, 0.15) is 52.6 Å². The highest BCUT2D eigenvalue weighted by atomic mass is 16.4. The van der Waals surface area contributed by atoms with Crippen LogP contribution in [0.5, 0.6) is 0 Å². The third kappa shape index (κ3) is 5.25. The number of fused-ring (bicyclic) bond motifs is 1. The molecule has 0 saturated heterocycles. The Morgan fingerprint density at radius 3 is 2.61 bits per heavy atom. The van der Waals surface area contributed by atoms with E-state index in [4.69, 9.17) is 5.73 Å². The van der Waals surface area contributed by atoms with Crippen molar-refractivity contribution >= 4 is 17.7 Å². The van der Waals surface area contributed by atoms with Crippen LogP contribution in [0.2, 0.25) is 0 Å². The number of aromatic nitrogens is 2. The Kier molecular flexibility index (Phi) is 6.40. The largest absolute Gasteiger partial charge is 0.465 e. The molecular weight excluding hydrogens is 394 g/mol. The van der Waals surface area contributed by atoms with Crippen molar-refractivity contribution < 1.29 is 14.7 Å². The van der Waals surface area contributed by atoms with Crippen molar-refractivity contribution in [1.29, 1.82) is 0 Å². The molecule has 0 unspecified atom stereocenters. The first-order valence-electron chi connectivity index (χ1n) is 10.7. The zero-order chi connectivity index (χ0) is 22.9. The van der Waals surface area contributed by atoms with Crippen LogP contribution in [-0.4, -0.2) is 50.9 Å². The van der Waals surface area contributed by atoms with E-state index >= 15 is 0 Å². The van der Waals surface area contributed by atoms with Crippen LogP contribution in [0, 0.1) is 5.41 Å². The number of nitrogens with two attached hydrogens (primary N) is 1. The van der Waals surface area contributed by atoms with Crippen molar-refractivity contribution in [2.24, 2.45) is 11.1 Å². The number of hydrogen-bond donors (Lipinski definition) is 2. The molecule has 0 saturated carbocycles. The molecule has 8 heteroatoms. The molecule has 168 valence electrons. The van der Waals surface area contributed by atoms with Gasteiger partial charge in [-0.2, -0.15) is 5.10 Å². The Labute approximate surface area is 183 Å². The number of amides is 2. The van der Waals surface area contributed by atoms with Gasteiger partial charge in [0.15, 0.2) is 0 Å². The van der Waals surface area contributed by atoms with E-state index in [1.807, 2.05) is 57.0 Å². The molecule has 2 heterocycles. The Morgan fingerprint density at radius 2 is 2.00 bits per heavy atom. The molecule has 0 bridgehead atoms. The quantitative estimate of drug-likeness (QED) is 0.757. The van der Waals surface area contributed by atoms with Crippen LogP contribution in [0.3, 0.4) is 0 Å². The summed E-state index contributed by atoms with van der Waals surface area (Å²) in [6.45, 7) is 11.0. The van der Waals surface area contributed by atoms with Gasteiger partial charge in [-0.3, -0.25) is 9.48 Å². The van der Waals surface area contributed by atoms with Crippen LogP contribution in [0.25, 0.3) is 11.1 Å². The molecule has 3 N–H and O–H groups in total. The van der Waals surface area contributed by atoms with E-state index in [-0.39, 0.29) is 23.4 Å². The normalized spacial score (nSPS) is 18.6. The lowest BCUT2D eigenvalue weighted by atomic mass is 9.90. The summed E-state index contributed by atoms with van der Waals surface area (Å²) in [5.41, 5.74) is 10.0. The lowest BCUT2D eigenvalue weighted by Crippen LogP contribution is -2.43. The average molecular weight is 428 g/mol. The maximum Gasteiger partial charge on any atom is 0.407 e. The summed E-state index contributed by atoms with van der Waals surface area (Å²) in [6, 6.07) is 5.90. The lowest BCUT2D eigenvalue weighted by Gasteiger charge is -2.37. The second-order valence-corrected chi connectivity index (χ2v) is 9.61. The molecule has 0 spiro atoms. The van der Waals surface area contributed by atoms with Crippen LogP contribution < -0.4 is 10.6 Å². The summed E-state index contributed by atoms with van der Waals surface area (Å²) >= 11 is 0. The van der Waals surface area contributed by atoms with E-state index in [1.54, 1.807) is 17.8 Å². The van der Waals surface area contributed by atoms with Crippen LogP contribution in [0.4, 0.5) is 10.5 Å². The first-order chi connectivity index (χ1) is 14.5. The zero-order valence-electron chi connectivity index (χ0n) is 19.0. The fourth-order valence-corrected chi connectivity index (χ4v) is 4.24. The number of nitrogens with zero attached hydrogens (tertiary/aromatic N) is 4. The number of benzene rings is 1. The van der Waals surface area contributed by atoms with Crippen molar-refractivity contribution in [3.63, 3.8) is 0 Å². The van der Waals surface area contributed by atoms with Gasteiger partial charge in [0.05, 0.1) is 12.7 Å². The molecule has 0 fully saturated rings. The topological polar surface area (TPSA) is 105 Å². The maximum atomic E-state index is 12.1. The van der Waals surface area contributed by atoms with Gasteiger partial charge in [0.2, 0.25) is 5.91 Å². The molecule has 1 aliphatic rings. The highest BCUT2D eigenvalue weighted by Crippen LogP contribution is 2.38. The SMILES string of the molecule is CC(=O)N1c2ccc(-c3cnn(CCN(CC(C)(C)C)C(=O)O)c3)cc2[C@H](N)C[C@@H]1C. The fraction of sp³-hybridized carbons (Fsp3) is 0.522. The van der Waals surface area contributed by atoms with Gasteiger partial charge in [-0.25, -0.2) is 4.79 Å². The summed E-state index contributed by atoms with van der Waals surface area (Å²) in [6.07, 6.45) is 3.48. The Hall–Kier alpha value is -2.87. The summed E-state index contributed by atoms with van der Waals surface area (Å²) in [4.78, 5) is 26.9. The Bertz CT molecular complexity index is 962. The molecule has 2 aromatic rings. The molecule has 2 amide bonds. The van der Waals surface area contributed by atoms with E-state index in [9.17, 15) is 14.7 Å². The Balaban J connectivity index is 1.78. The van der Waals surface area contributed by atoms with E-state index in [1.165, 1.54) is 4.90 Å². The third-order valence-corrected chi connectivity index (χ3v) is 5.56. The predicted octanol–water partition coefficient (Wildman–Crippen LogP) is 3.72. The third-order valence-electron chi connectivity index (χ3n) is 5.56. The first kappa shape index (κ1) is 22.8. The van der Waals surface area contributed by atoms with Crippen LogP contribution in [0.15, 0.2) is 30.6 Å². The molecule has 2 atom stereocenters. The molecule has 0 radical (unpaired) electrons. The minimum Gasteiger partial charge on any atom is -0.465 e. The number of rotatable bonds is 5. The first-order valence-corrected chi connectivity index (χ1v) is 10.7. The van der Waals surface area contributed by atoms with Gasteiger partial charge in [0.25, 0.3) is 0 Å². The molecule has 1 aromatic heterocycles. The van der Waals surface area contributed by atoms with Gasteiger partial charge in [0.1, 0.15) is 0 Å². The van der Waals surface area contributed by atoms with E-state index < -0.39 is 6.09 Å². The monoisotopic (exact) mass is 427 g/mol. The predicted molar refractivity (Wildman–Crippen MR) is 121 cm³/mol. The van der Waals surface area contributed by atoms with Gasteiger partial charge in [-0.05, 0) is 42.0 Å². The summed E-state index contributed by atoms with van der Waals surface area (Å²) < 4.78 is 1.76. The molecule has 1 aliphatic heterocycles. The minimum atomic E-state index is -0.921. The molecule has 8 nitrogen and oxygen atoms in total. The van der Waals surface area contributed by atoms with E-state index in [0.29, 0.717) is 26.1 Å². The second-order valence-electron chi connectivity index (χ2n) is 9.61. The van der Waals surface area contributed by atoms with Crippen LogP contribution in [-0.2, 0) is 11.3 Å². The van der Waals surface area contributed by atoms with Crippen molar-refractivity contribution in [3.05, 3.63) is 36.2 Å². The van der Waals surface area contributed by atoms with Crippen molar-refractivity contribution in [2.45, 2.75) is 59.7 Å². The van der Waals surface area contributed by atoms with Crippen molar-refractivity contribution in [2.75, 3.05) is 18.0 Å². The molecule has 0 aliphatic carbocycles. The highest BCUT2D eigenvalue weighted by Gasteiger charge is 2.30. The number of carbonyl (C=O) groups is 2. The molecule has 3 rings (SSSR count). The number of anilines is 1. The lowest BCUT2D eigenvalue weighted by molar-refractivity contribution is -0.117. The summed E-state index contributed by atoms with van der Waals surface area (Å²) in [7, 11) is 0. The van der Waals surface area contributed by atoms with E-state index in [0.717, 1.165) is 22.4 Å². The summed E-state index contributed by atoms with van der Waals surface area (Å²) in [5.74, 6) is 0.0134. The molecular formula is C23H33N5O3. The standard InChI is InChI=1S/C23H33N5O3/c1-15-10-20(24)19-11-17(6-7-21(19)28(15)16(2)29)18-12-25-27(13-18)9-8-26(22(30)31)14-23(3,4)5/h6-7,11-13,15,20H,8-10,14,24H2,1-5H3,(H,30,31)/t15-,20+/m0/s1. The van der Waals surface area contributed by atoms with E-state index in [2.05, 4.69) is 5.10 Å². The van der Waals surface area contributed by atoms with Gasteiger partial charge < -0.3 is 20.6 Å². The molecule has 1 aromatic carbocycles. The Morgan fingerprint density at radius 1 is 1.29 bits per heavy atom. The summed E-state index contributed by atoms with van der Waals surface area (Å²) in [5, 5.41) is 13.9. The average Bonchev–Trinajstić information content (AvgIpc) is 3.12. The molecule has 31 heavy (non-hydrogen) atoms.